The molecule has 0 aliphatic carbocycles. The lowest BCUT2D eigenvalue weighted by atomic mass is 9.95. The van der Waals surface area contributed by atoms with Gasteiger partial charge >= 0.3 is 0 Å². The molecule has 114 valence electrons. The minimum Gasteiger partial charge on any atom is -0.379 e. The smallest absolute Gasteiger partial charge is 0.273 e. The molecule has 1 aliphatic heterocycles. The number of hydrogen-bond donors (Lipinski definition) is 1. The van der Waals surface area contributed by atoms with Gasteiger partial charge in [0.05, 0.1) is 5.71 Å². The number of oxime groups is 1. The summed E-state index contributed by atoms with van der Waals surface area (Å²) < 4.78 is 13.8. The second-order valence-electron chi connectivity index (χ2n) is 5.25. The molecule has 3 rings (SSSR count). The summed E-state index contributed by atoms with van der Waals surface area (Å²) in [5.74, 6) is -0.734. The normalized spacial score (nSPS) is 20.4. The van der Waals surface area contributed by atoms with Crippen LogP contribution in [-0.2, 0) is 9.63 Å². The van der Waals surface area contributed by atoms with Crippen LogP contribution in [0.5, 0.6) is 0 Å². The minimum atomic E-state index is -1.17. The van der Waals surface area contributed by atoms with Crippen LogP contribution in [0.15, 0.2) is 35.6 Å². The number of benzene rings is 1. The Kier molecular flexibility index (Phi) is 3.66. The van der Waals surface area contributed by atoms with Crippen LogP contribution in [0.2, 0.25) is 0 Å². The van der Waals surface area contributed by atoms with Gasteiger partial charge in [-0.2, -0.15) is 0 Å². The maximum absolute atomic E-state index is 13.8. The molecule has 0 bridgehead atoms. The monoisotopic (exact) mass is 319 g/mol. The molecule has 5 nitrogen and oxygen atoms in total. The first kappa shape index (κ1) is 14.6. The van der Waals surface area contributed by atoms with Crippen molar-refractivity contribution in [2.45, 2.75) is 25.9 Å². The molecule has 1 N–H and O–H groups in total. The van der Waals surface area contributed by atoms with Gasteiger partial charge in [0, 0.05) is 23.1 Å². The van der Waals surface area contributed by atoms with Crippen LogP contribution < -0.4 is 5.32 Å². The van der Waals surface area contributed by atoms with Crippen LogP contribution in [0.4, 0.5) is 9.52 Å². The van der Waals surface area contributed by atoms with Crippen molar-refractivity contribution in [3.8, 4) is 0 Å². The van der Waals surface area contributed by atoms with Crippen LogP contribution in [0.1, 0.15) is 23.8 Å². The minimum absolute atomic E-state index is 0.199. The summed E-state index contributed by atoms with van der Waals surface area (Å²) >= 11 is 1.38. The predicted molar refractivity (Wildman–Crippen MR) is 82.5 cm³/mol. The number of carbonyl (C=O) groups excluding carboxylic acids is 1. The highest BCUT2D eigenvalue weighted by Crippen LogP contribution is 2.29. The third-order valence-electron chi connectivity index (χ3n) is 3.37. The number of nitrogens with zero attached hydrogens (tertiary/aromatic N) is 2. The maximum atomic E-state index is 13.8. The van der Waals surface area contributed by atoms with Gasteiger partial charge < -0.3 is 4.84 Å². The second kappa shape index (κ2) is 5.49. The number of hydrogen-bond acceptors (Lipinski definition) is 5. The topological polar surface area (TPSA) is 63.6 Å². The molecule has 1 aromatic heterocycles. The van der Waals surface area contributed by atoms with Crippen molar-refractivity contribution in [1.29, 1.82) is 0 Å². The largest absolute Gasteiger partial charge is 0.379 e. The summed E-state index contributed by atoms with van der Waals surface area (Å²) in [5.41, 5.74) is -0.396. The van der Waals surface area contributed by atoms with Crippen molar-refractivity contribution in [2.24, 2.45) is 5.16 Å². The van der Waals surface area contributed by atoms with Gasteiger partial charge in [-0.1, -0.05) is 23.4 Å². The molecule has 1 amide bonds. The lowest BCUT2D eigenvalue weighted by molar-refractivity contribution is -0.135. The maximum Gasteiger partial charge on any atom is 0.273 e. The van der Waals surface area contributed by atoms with Crippen LogP contribution in [0.3, 0.4) is 0 Å². The molecule has 0 radical (unpaired) electrons. The molecule has 1 aromatic carbocycles. The first-order chi connectivity index (χ1) is 10.5. The van der Waals surface area contributed by atoms with E-state index < -0.39 is 5.60 Å². The van der Waals surface area contributed by atoms with E-state index >= 15 is 0 Å². The summed E-state index contributed by atoms with van der Waals surface area (Å²) in [5, 5.41) is 7.10. The molecule has 1 aliphatic rings. The molecule has 7 heteroatoms. The number of halogens is 1. The van der Waals surface area contributed by atoms with Crippen LogP contribution in [-0.4, -0.2) is 22.2 Å². The van der Waals surface area contributed by atoms with Crippen molar-refractivity contribution >= 4 is 28.1 Å². The number of nitrogens with one attached hydrogen (secondary N) is 1. The predicted octanol–water partition coefficient (Wildman–Crippen LogP) is 3.11. The van der Waals surface area contributed by atoms with E-state index in [1.807, 2.05) is 6.92 Å². The molecule has 2 heterocycles. The Morgan fingerprint density at radius 3 is 2.91 bits per heavy atom. The summed E-state index contributed by atoms with van der Waals surface area (Å²) in [6.45, 7) is 3.53. The van der Waals surface area contributed by atoms with Gasteiger partial charge in [0.15, 0.2) is 5.13 Å². The van der Waals surface area contributed by atoms with Gasteiger partial charge in [-0.3, -0.25) is 10.1 Å². The fraction of sp³-hybridized carbons (Fsp3) is 0.267. The zero-order valence-corrected chi connectivity index (χ0v) is 12.9. The fourth-order valence-corrected chi connectivity index (χ4v) is 2.80. The highest BCUT2D eigenvalue weighted by Gasteiger charge is 2.43. The van der Waals surface area contributed by atoms with E-state index in [4.69, 9.17) is 4.84 Å². The Labute approximate surface area is 130 Å². The highest BCUT2D eigenvalue weighted by molar-refractivity contribution is 7.15. The molecule has 0 saturated heterocycles. The SMILES string of the molecule is Cc1cnc(NC(=O)[C@@]2(C)CC(c3ccccc3F)=NO2)s1. The summed E-state index contributed by atoms with van der Waals surface area (Å²) in [6, 6.07) is 6.29. The molecule has 1 atom stereocenters. The molecule has 0 unspecified atom stereocenters. The van der Waals surface area contributed by atoms with Gasteiger partial charge in [0.1, 0.15) is 5.82 Å². The zero-order chi connectivity index (χ0) is 15.7. The Morgan fingerprint density at radius 2 is 2.23 bits per heavy atom. The number of aromatic nitrogens is 1. The van der Waals surface area contributed by atoms with Gasteiger partial charge in [-0.25, -0.2) is 9.37 Å². The van der Waals surface area contributed by atoms with Gasteiger partial charge in [-0.15, -0.1) is 11.3 Å². The van der Waals surface area contributed by atoms with Crippen molar-refractivity contribution in [3.63, 3.8) is 0 Å². The first-order valence-electron chi connectivity index (χ1n) is 6.72. The fourth-order valence-electron chi connectivity index (χ4n) is 2.14. The van der Waals surface area contributed by atoms with Gasteiger partial charge in [0.2, 0.25) is 5.60 Å². The molecular weight excluding hydrogens is 305 g/mol. The van der Waals surface area contributed by atoms with Crippen molar-refractivity contribution in [1.82, 2.24) is 4.98 Å². The Morgan fingerprint density at radius 1 is 1.45 bits per heavy atom. The average Bonchev–Trinajstić information content (AvgIpc) is 3.07. The van der Waals surface area contributed by atoms with Crippen molar-refractivity contribution in [2.75, 3.05) is 5.32 Å². The number of anilines is 1. The number of rotatable bonds is 3. The highest BCUT2D eigenvalue weighted by atomic mass is 32.1. The Balaban J connectivity index is 1.74. The van der Waals surface area contributed by atoms with E-state index in [0.29, 0.717) is 16.4 Å². The molecule has 22 heavy (non-hydrogen) atoms. The second-order valence-corrected chi connectivity index (χ2v) is 6.48. The lowest BCUT2D eigenvalue weighted by Gasteiger charge is -2.19. The summed E-state index contributed by atoms with van der Waals surface area (Å²) in [7, 11) is 0. The zero-order valence-electron chi connectivity index (χ0n) is 12.1. The number of amides is 1. The summed E-state index contributed by atoms with van der Waals surface area (Å²) in [4.78, 5) is 22.7. The van der Waals surface area contributed by atoms with E-state index in [2.05, 4.69) is 15.5 Å². The quantitative estimate of drug-likeness (QED) is 0.945. The Hall–Kier alpha value is -2.28. The number of thiazole rings is 1. The van der Waals surface area contributed by atoms with Crippen molar-refractivity contribution in [3.05, 3.63) is 46.7 Å². The summed E-state index contributed by atoms with van der Waals surface area (Å²) in [6.07, 6.45) is 1.88. The third-order valence-corrected chi connectivity index (χ3v) is 4.20. The average molecular weight is 319 g/mol. The van der Waals surface area contributed by atoms with E-state index in [1.54, 1.807) is 31.3 Å². The standard InChI is InChI=1S/C15H14FN3O2S/c1-9-8-17-14(22-9)18-13(20)15(2)7-12(19-21-15)10-5-3-4-6-11(10)16/h3-6,8H,7H2,1-2H3,(H,17,18,20)/t15-/m1/s1. The van der Waals surface area contributed by atoms with Crippen LogP contribution in [0, 0.1) is 12.7 Å². The van der Waals surface area contributed by atoms with E-state index in [-0.39, 0.29) is 18.1 Å². The van der Waals surface area contributed by atoms with E-state index in [1.165, 1.54) is 17.4 Å². The molecule has 0 fully saturated rings. The molecule has 0 saturated carbocycles. The molecule has 0 spiro atoms. The number of aryl methyl sites for hydroxylation is 1. The Bertz CT molecular complexity index is 759. The lowest BCUT2D eigenvalue weighted by Crippen LogP contribution is -2.40. The van der Waals surface area contributed by atoms with E-state index in [0.717, 1.165) is 4.88 Å². The third kappa shape index (κ3) is 2.71. The molecule has 2 aromatic rings. The van der Waals surface area contributed by atoms with Crippen molar-refractivity contribution < 1.29 is 14.0 Å². The van der Waals surface area contributed by atoms with Gasteiger partial charge in [0.25, 0.3) is 5.91 Å². The van der Waals surface area contributed by atoms with Crippen LogP contribution in [0.25, 0.3) is 0 Å². The molecular formula is C15H14FN3O2S. The van der Waals surface area contributed by atoms with Crippen LogP contribution >= 0.6 is 11.3 Å². The van der Waals surface area contributed by atoms with E-state index in [9.17, 15) is 9.18 Å². The first-order valence-corrected chi connectivity index (χ1v) is 7.53. The number of carbonyl (C=O) groups is 1. The van der Waals surface area contributed by atoms with Gasteiger partial charge in [-0.05, 0) is 19.9 Å².